The Balaban J connectivity index is 1.50. The quantitative estimate of drug-likeness (QED) is 0.148. The number of rotatable bonds is 10. The van der Waals surface area contributed by atoms with Gasteiger partial charge in [0.2, 0.25) is 10.0 Å². The van der Waals surface area contributed by atoms with Crippen LogP contribution in [0.5, 0.6) is 5.75 Å². The fourth-order valence-corrected chi connectivity index (χ4v) is 8.26. The minimum Gasteiger partial charge on any atom is -0.497 e. The van der Waals surface area contributed by atoms with Crippen molar-refractivity contribution < 1.29 is 27.9 Å². The van der Waals surface area contributed by atoms with Crippen molar-refractivity contribution in [3.63, 3.8) is 0 Å². The number of carbonyl (C=O) groups excluding carboxylic acids is 2. The second-order valence-corrected chi connectivity index (χ2v) is 16.8. The second-order valence-electron chi connectivity index (χ2n) is 14.6. The topological polar surface area (TPSA) is 157 Å². The van der Waals surface area contributed by atoms with Gasteiger partial charge in [-0.15, -0.1) is 0 Å². The van der Waals surface area contributed by atoms with Crippen LogP contribution in [0, 0.1) is 6.92 Å². The van der Waals surface area contributed by atoms with E-state index in [1.165, 1.54) is 25.8 Å². The molecule has 5 aromatic rings. The number of allylic oxidation sites excluding steroid dienone is 1. The molecule has 0 bridgehead atoms. The Bertz CT molecular complexity index is 2400. The molecule has 0 spiro atoms. The third kappa shape index (κ3) is 7.05. The Labute approximate surface area is 315 Å². The van der Waals surface area contributed by atoms with Crippen molar-refractivity contribution >= 4 is 44.4 Å². The van der Waals surface area contributed by atoms with E-state index in [9.17, 15) is 23.1 Å². The zero-order valence-electron chi connectivity index (χ0n) is 31.2. The third-order valence-electron chi connectivity index (χ3n) is 10.4. The lowest BCUT2D eigenvalue weighted by atomic mass is 9.81. The first-order valence-corrected chi connectivity index (χ1v) is 20.0. The molecule has 1 fully saturated rings. The Morgan fingerprint density at radius 3 is 2.48 bits per heavy atom. The van der Waals surface area contributed by atoms with Crippen LogP contribution in [0.25, 0.3) is 39.5 Å². The van der Waals surface area contributed by atoms with E-state index >= 15 is 0 Å². The predicted octanol–water partition coefficient (Wildman–Crippen LogP) is 6.39. The van der Waals surface area contributed by atoms with Crippen molar-refractivity contribution in [2.45, 2.75) is 83.6 Å². The van der Waals surface area contributed by atoms with E-state index in [2.05, 4.69) is 31.7 Å². The fraction of sp³-hybridized carbons (Fsp3) is 0.366. The summed E-state index contributed by atoms with van der Waals surface area (Å²) in [6.07, 6.45) is 10.0. The van der Waals surface area contributed by atoms with Crippen LogP contribution in [0.2, 0.25) is 0 Å². The lowest BCUT2D eigenvalue weighted by Gasteiger charge is -2.24. The Kier molecular flexibility index (Phi) is 10.2. The maximum atomic E-state index is 13.9. The highest BCUT2D eigenvalue weighted by Gasteiger charge is 2.32. The summed E-state index contributed by atoms with van der Waals surface area (Å²) in [4.78, 5) is 31.8. The van der Waals surface area contributed by atoms with Crippen LogP contribution < -0.4 is 14.8 Å². The van der Waals surface area contributed by atoms with Crippen molar-refractivity contribution in [1.29, 1.82) is 0 Å². The van der Waals surface area contributed by atoms with Crippen LogP contribution in [0.15, 0.2) is 60.9 Å². The van der Waals surface area contributed by atoms with Gasteiger partial charge in [-0.3, -0.25) is 14.6 Å². The van der Waals surface area contributed by atoms with E-state index in [1.54, 1.807) is 43.2 Å². The number of aromatic nitrogens is 4. The van der Waals surface area contributed by atoms with Crippen LogP contribution in [-0.2, 0) is 16.6 Å². The number of nitrogens with zero attached hydrogens (tertiary/aromatic N) is 4. The van der Waals surface area contributed by atoms with Crippen molar-refractivity contribution in [1.82, 2.24) is 29.4 Å². The molecule has 54 heavy (non-hydrogen) atoms. The molecule has 13 heteroatoms. The molecule has 1 saturated carbocycles. The average molecular weight is 751 g/mol. The molecule has 12 nitrogen and oxygen atoms in total. The van der Waals surface area contributed by atoms with Gasteiger partial charge in [0.1, 0.15) is 5.75 Å². The first-order chi connectivity index (χ1) is 25.9. The molecule has 2 aliphatic rings. The maximum absolute atomic E-state index is 13.9. The van der Waals surface area contributed by atoms with Gasteiger partial charge < -0.3 is 19.7 Å². The first-order valence-electron chi connectivity index (χ1n) is 18.4. The maximum Gasteiger partial charge on any atom is 0.264 e. The zero-order valence-corrected chi connectivity index (χ0v) is 32.0. The van der Waals surface area contributed by atoms with E-state index in [0.717, 1.165) is 64.7 Å². The SMILES string of the molecule is COc1ccc2c(c1)C=C(c1c(C(=O)NC[C@@H](C)O)cnn1-c1ccnc(C)c1)Cn1c-2c(C2CCCCC2)c2ccc(C(=O)NS(=O)(=O)C(C)C)cc21. The predicted molar refractivity (Wildman–Crippen MR) is 209 cm³/mol. The minimum absolute atomic E-state index is 0.0609. The third-order valence-corrected chi connectivity index (χ3v) is 12.1. The summed E-state index contributed by atoms with van der Waals surface area (Å²) < 4.78 is 37.4. The number of benzene rings is 2. The van der Waals surface area contributed by atoms with Crippen LogP contribution in [0.1, 0.15) is 102 Å². The molecule has 1 aliphatic heterocycles. The number of pyridine rings is 1. The average Bonchev–Trinajstić information content (AvgIpc) is 3.68. The molecule has 282 valence electrons. The molecule has 0 radical (unpaired) electrons. The number of ether oxygens (including phenoxy) is 1. The number of nitrogens with one attached hydrogen (secondary N) is 2. The Hall–Kier alpha value is -5.27. The molecule has 3 aromatic heterocycles. The number of aryl methyl sites for hydroxylation is 1. The van der Waals surface area contributed by atoms with Crippen LogP contribution in [0.3, 0.4) is 0 Å². The number of aliphatic hydroxyl groups excluding tert-OH is 1. The molecule has 1 aliphatic carbocycles. The molecule has 3 N–H and O–H groups in total. The first kappa shape index (κ1) is 37.1. The van der Waals surface area contributed by atoms with Crippen LogP contribution in [-0.4, -0.2) is 69.7 Å². The molecule has 0 unspecified atom stereocenters. The van der Waals surface area contributed by atoms with E-state index in [-0.39, 0.29) is 30.5 Å². The minimum atomic E-state index is -3.87. The summed E-state index contributed by atoms with van der Waals surface area (Å²) in [6.45, 7) is 6.90. The van der Waals surface area contributed by atoms with Gasteiger partial charge in [0.25, 0.3) is 11.8 Å². The molecule has 4 heterocycles. The van der Waals surface area contributed by atoms with Gasteiger partial charge in [-0.1, -0.05) is 25.3 Å². The molecule has 0 saturated heterocycles. The highest BCUT2D eigenvalue weighted by Crippen LogP contribution is 2.48. The zero-order chi connectivity index (χ0) is 38.3. The summed E-state index contributed by atoms with van der Waals surface area (Å²) in [7, 11) is -2.24. The second kappa shape index (κ2) is 14.9. The van der Waals surface area contributed by atoms with Gasteiger partial charge in [0.15, 0.2) is 0 Å². The van der Waals surface area contributed by atoms with Crippen LogP contribution >= 0.6 is 0 Å². The molecular formula is C41H46N6O6S. The number of sulfonamides is 1. The Morgan fingerprint density at radius 1 is 1.00 bits per heavy atom. The van der Waals surface area contributed by atoms with Gasteiger partial charge in [-0.25, -0.2) is 17.8 Å². The largest absolute Gasteiger partial charge is 0.497 e. The van der Waals surface area contributed by atoms with E-state index < -0.39 is 27.3 Å². The number of fused-ring (bicyclic) bond motifs is 5. The van der Waals surface area contributed by atoms with Gasteiger partial charge >= 0.3 is 0 Å². The highest BCUT2D eigenvalue weighted by molar-refractivity contribution is 7.90. The number of amides is 2. The monoisotopic (exact) mass is 750 g/mol. The molecular weight excluding hydrogens is 705 g/mol. The molecule has 2 amide bonds. The van der Waals surface area contributed by atoms with Crippen LogP contribution in [0.4, 0.5) is 0 Å². The summed E-state index contributed by atoms with van der Waals surface area (Å²) in [5, 5.41) is 17.8. The lowest BCUT2D eigenvalue weighted by molar-refractivity contribution is 0.0922. The standard InChI is InChI=1S/C41H46N6O6S/c1-24(2)54(51,52)45-40(49)28-11-13-34-36(20-28)46-23-30(18-29-19-32(53-5)12-14-33(29)39(46)37(34)27-9-7-6-8-10-27)38-35(41(50)43-21-26(4)48)22-44-47(38)31-15-16-42-25(3)17-31/h11-20,22,24,26-27,48H,6-10,21,23H2,1-5H3,(H,43,50)(H,45,49)/t26-/m1/s1. The van der Waals surface area contributed by atoms with Crippen molar-refractivity contribution in [2.24, 2.45) is 0 Å². The summed E-state index contributed by atoms with van der Waals surface area (Å²) in [6, 6.07) is 15.2. The van der Waals surface area contributed by atoms with E-state index in [4.69, 9.17) is 9.84 Å². The smallest absolute Gasteiger partial charge is 0.264 e. The number of methoxy groups -OCH3 is 1. The number of aliphatic hydroxyl groups is 1. The van der Waals surface area contributed by atoms with Gasteiger partial charge in [0.05, 0.1) is 53.8 Å². The van der Waals surface area contributed by atoms with Crippen molar-refractivity contribution in [3.8, 4) is 22.7 Å². The van der Waals surface area contributed by atoms with Gasteiger partial charge in [-0.05, 0) is 112 Å². The normalized spacial score (nSPS) is 15.3. The number of carbonyl (C=O) groups is 2. The van der Waals surface area contributed by atoms with E-state index in [1.807, 2.05) is 37.3 Å². The number of hydrogen-bond acceptors (Lipinski definition) is 8. The fourth-order valence-electron chi connectivity index (χ4n) is 7.65. The van der Waals surface area contributed by atoms with E-state index in [0.29, 0.717) is 22.7 Å². The summed E-state index contributed by atoms with van der Waals surface area (Å²) >= 11 is 0. The molecule has 1 atom stereocenters. The molecule has 2 aromatic carbocycles. The summed E-state index contributed by atoms with van der Waals surface area (Å²) in [5.41, 5.74) is 8.22. The van der Waals surface area contributed by atoms with Gasteiger partial charge in [0, 0.05) is 40.5 Å². The number of hydrogen-bond donors (Lipinski definition) is 3. The van der Waals surface area contributed by atoms with Gasteiger partial charge in [-0.2, -0.15) is 5.10 Å². The van der Waals surface area contributed by atoms with Crippen molar-refractivity contribution in [3.05, 3.63) is 94.6 Å². The molecule has 7 rings (SSSR count). The highest BCUT2D eigenvalue weighted by atomic mass is 32.2. The Morgan fingerprint density at radius 2 is 1.78 bits per heavy atom. The lowest BCUT2D eigenvalue weighted by Crippen LogP contribution is -2.35. The van der Waals surface area contributed by atoms with Crippen molar-refractivity contribution in [2.75, 3.05) is 13.7 Å². The summed E-state index contributed by atoms with van der Waals surface area (Å²) in [5.74, 6) is -0.142.